The molecular weight excluding hydrogens is 774 g/mol. The molecule has 1 aromatic heterocycles. The zero-order chi connectivity index (χ0) is 38.7. The number of thioether (sulfide) groups is 1. The number of hydrogen-bond donors (Lipinski definition) is 3. The molecule has 0 aliphatic carbocycles. The monoisotopic (exact) mass is 805 g/mol. The number of thiophene rings is 1. The number of ether oxygens (including phenoxy) is 1. The van der Waals surface area contributed by atoms with Crippen molar-refractivity contribution in [3.05, 3.63) is 177 Å². The fourth-order valence-electron chi connectivity index (χ4n) is 5.48. The molecule has 0 fully saturated rings. The molecule has 276 valence electrons. The summed E-state index contributed by atoms with van der Waals surface area (Å²) >= 11 is 15.2. The van der Waals surface area contributed by atoms with Crippen LogP contribution < -0.4 is 16.0 Å². The molecule has 0 spiro atoms. The molecule has 6 rings (SSSR count). The van der Waals surface area contributed by atoms with Crippen LogP contribution in [0.15, 0.2) is 149 Å². The summed E-state index contributed by atoms with van der Waals surface area (Å²) in [6.07, 6.45) is 1.46. The van der Waals surface area contributed by atoms with E-state index in [1.165, 1.54) is 29.2 Å². The Morgan fingerprint density at radius 1 is 0.800 bits per heavy atom. The SMILES string of the molecule is CCOC(=O)c1c(-c2ccccc2)csc1NC(=O)C(Sc1cccc(NC(=O)/C(=C\c2cccc(Cl)c2Cl)NC(=O)c2ccccc2)c1)c1ccccc1. The second kappa shape index (κ2) is 18.6. The quantitative estimate of drug-likeness (QED) is 0.0608. The van der Waals surface area contributed by atoms with Gasteiger partial charge in [0, 0.05) is 27.1 Å². The normalized spacial score (nSPS) is 11.7. The molecule has 6 aromatic rings. The number of halogens is 2. The molecule has 55 heavy (non-hydrogen) atoms. The molecule has 3 N–H and O–H groups in total. The number of esters is 1. The van der Waals surface area contributed by atoms with Gasteiger partial charge in [-0.1, -0.05) is 120 Å². The fraction of sp³-hybridized carbons (Fsp3) is 0.0698. The minimum atomic E-state index is -0.755. The van der Waals surface area contributed by atoms with Crippen molar-refractivity contribution in [2.45, 2.75) is 17.1 Å². The molecule has 0 bridgehead atoms. The molecular formula is C43H33Cl2N3O5S2. The molecule has 0 radical (unpaired) electrons. The highest BCUT2D eigenvalue weighted by Gasteiger charge is 2.28. The van der Waals surface area contributed by atoms with E-state index in [1.807, 2.05) is 72.1 Å². The molecule has 0 aliphatic rings. The highest BCUT2D eigenvalue weighted by atomic mass is 35.5. The number of benzene rings is 5. The van der Waals surface area contributed by atoms with Crippen LogP contribution in [0.1, 0.15) is 44.0 Å². The lowest BCUT2D eigenvalue weighted by atomic mass is 10.0. The minimum absolute atomic E-state index is 0.0687. The first kappa shape index (κ1) is 39.1. The molecule has 5 aromatic carbocycles. The van der Waals surface area contributed by atoms with Crippen molar-refractivity contribution < 1.29 is 23.9 Å². The number of amides is 3. The summed E-state index contributed by atoms with van der Waals surface area (Å²) in [7, 11) is 0. The third kappa shape index (κ3) is 9.92. The average Bonchev–Trinajstić information content (AvgIpc) is 3.63. The second-order valence-electron chi connectivity index (χ2n) is 11.8. The molecule has 0 aliphatic heterocycles. The first-order chi connectivity index (χ1) is 26.7. The Kier molecular flexibility index (Phi) is 13.2. The van der Waals surface area contributed by atoms with Crippen LogP contribution in [0.2, 0.25) is 10.0 Å². The van der Waals surface area contributed by atoms with Gasteiger partial charge in [0.05, 0.1) is 16.7 Å². The fourth-order valence-corrected chi connectivity index (χ4v) is 7.88. The zero-order valence-electron chi connectivity index (χ0n) is 29.3. The first-order valence-corrected chi connectivity index (χ1v) is 19.5. The van der Waals surface area contributed by atoms with Crippen molar-refractivity contribution in [2.24, 2.45) is 0 Å². The van der Waals surface area contributed by atoms with Crippen LogP contribution in [-0.4, -0.2) is 30.3 Å². The van der Waals surface area contributed by atoms with Crippen molar-refractivity contribution in [2.75, 3.05) is 17.2 Å². The van der Waals surface area contributed by atoms with Gasteiger partial charge >= 0.3 is 5.97 Å². The van der Waals surface area contributed by atoms with Crippen LogP contribution >= 0.6 is 46.3 Å². The summed E-state index contributed by atoms with van der Waals surface area (Å²) in [5.74, 6) is -1.99. The van der Waals surface area contributed by atoms with Gasteiger partial charge in [0.25, 0.3) is 11.8 Å². The topological polar surface area (TPSA) is 114 Å². The summed E-state index contributed by atoms with van der Waals surface area (Å²) in [5.41, 5.74) is 3.63. The Morgan fingerprint density at radius 3 is 2.18 bits per heavy atom. The van der Waals surface area contributed by atoms with Gasteiger partial charge in [-0.05, 0) is 66.1 Å². The molecule has 3 amide bonds. The Hall–Kier alpha value is -5.65. The molecule has 0 saturated carbocycles. The van der Waals surface area contributed by atoms with E-state index in [2.05, 4.69) is 16.0 Å². The van der Waals surface area contributed by atoms with Crippen LogP contribution in [-0.2, 0) is 14.3 Å². The van der Waals surface area contributed by atoms with Crippen molar-refractivity contribution >= 4 is 86.8 Å². The maximum atomic E-state index is 14.2. The average molecular weight is 807 g/mol. The summed E-state index contributed by atoms with van der Waals surface area (Å²) < 4.78 is 5.40. The predicted octanol–water partition coefficient (Wildman–Crippen LogP) is 10.8. The van der Waals surface area contributed by atoms with Crippen molar-refractivity contribution in [1.82, 2.24) is 5.32 Å². The first-order valence-electron chi connectivity index (χ1n) is 17.0. The number of hydrogen-bond acceptors (Lipinski definition) is 7. The Labute approximate surface area is 336 Å². The van der Waals surface area contributed by atoms with Crippen LogP contribution in [0.3, 0.4) is 0 Å². The zero-order valence-corrected chi connectivity index (χ0v) is 32.4. The maximum Gasteiger partial charge on any atom is 0.341 e. The summed E-state index contributed by atoms with van der Waals surface area (Å²) in [4.78, 5) is 55.0. The predicted molar refractivity (Wildman–Crippen MR) is 223 cm³/mol. The van der Waals surface area contributed by atoms with Crippen LogP contribution in [0.4, 0.5) is 10.7 Å². The van der Waals surface area contributed by atoms with Gasteiger partial charge in [-0.3, -0.25) is 14.4 Å². The maximum absolute atomic E-state index is 14.2. The van der Waals surface area contributed by atoms with E-state index in [-0.39, 0.29) is 28.8 Å². The van der Waals surface area contributed by atoms with E-state index in [4.69, 9.17) is 27.9 Å². The Bertz CT molecular complexity index is 2350. The third-order valence-electron chi connectivity index (χ3n) is 8.09. The minimum Gasteiger partial charge on any atom is -0.462 e. The van der Waals surface area contributed by atoms with E-state index < -0.39 is 23.0 Å². The molecule has 0 saturated heterocycles. The number of nitrogens with one attached hydrogen (secondary N) is 3. The molecule has 12 heteroatoms. The number of anilines is 2. The van der Waals surface area contributed by atoms with Gasteiger partial charge in [0.2, 0.25) is 5.91 Å². The van der Waals surface area contributed by atoms with E-state index in [1.54, 1.807) is 73.7 Å². The summed E-state index contributed by atoms with van der Waals surface area (Å²) in [6.45, 7) is 1.91. The van der Waals surface area contributed by atoms with E-state index in [0.29, 0.717) is 37.3 Å². The third-order valence-corrected chi connectivity index (χ3v) is 11.1. The lowest BCUT2D eigenvalue weighted by Crippen LogP contribution is -2.30. The van der Waals surface area contributed by atoms with Gasteiger partial charge in [0.1, 0.15) is 21.5 Å². The van der Waals surface area contributed by atoms with Gasteiger partial charge in [-0.2, -0.15) is 0 Å². The largest absolute Gasteiger partial charge is 0.462 e. The second-order valence-corrected chi connectivity index (χ2v) is 14.7. The summed E-state index contributed by atoms with van der Waals surface area (Å²) in [5, 5.41) is 10.5. The van der Waals surface area contributed by atoms with E-state index in [9.17, 15) is 19.2 Å². The van der Waals surface area contributed by atoms with E-state index >= 15 is 0 Å². The number of carbonyl (C=O) groups is 4. The van der Waals surface area contributed by atoms with Gasteiger partial charge in [-0.25, -0.2) is 4.79 Å². The van der Waals surface area contributed by atoms with Crippen molar-refractivity contribution in [1.29, 1.82) is 0 Å². The van der Waals surface area contributed by atoms with Crippen LogP contribution in [0.5, 0.6) is 0 Å². The lowest BCUT2D eigenvalue weighted by molar-refractivity contribution is -0.116. The molecule has 8 nitrogen and oxygen atoms in total. The van der Waals surface area contributed by atoms with Crippen molar-refractivity contribution in [3.8, 4) is 11.1 Å². The smallest absolute Gasteiger partial charge is 0.341 e. The standard InChI is InChI=1S/C43H33Cl2N3O5S2/c1-2-53-43(52)36-33(27-14-6-3-7-15-27)26-54-42(36)48-41(51)38(28-16-8-4-9-17-28)55-32-22-13-21-31(25-32)46-40(50)35(24-30-20-12-23-34(44)37(30)45)47-39(49)29-18-10-5-11-19-29/h3-26,38H,2H2,1H3,(H,46,50)(H,47,49)(H,48,51)/b35-24+. The number of carbonyl (C=O) groups excluding carboxylic acids is 4. The highest BCUT2D eigenvalue weighted by molar-refractivity contribution is 8.00. The van der Waals surface area contributed by atoms with Gasteiger partial charge in [-0.15, -0.1) is 23.1 Å². The summed E-state index contributed by atoms with van der Waals surface area (Å²) in [6, 6.07) is 39.2. The highest BCUT2D eigenvalue weighted by Crippen LogP contribution is 2.40. The van der Waals surface area contributed by atoms with E-state index in [0.717, 1.165) is 11.1 Å². The lowest BCUT2D eigenvalue weighted by Gasteiger charge is -2.18. The van der Waals surface area contributed by atoms with Gasteiger partial charge in [0.15, 0.2) is 0 Å². The molecule has 1 atom stereocenters. The van der Waals surface area contributed by atoms with Crippen molar-refractivity contribution in [3.63, 3.8) is 0 Å². The Balaban J connectivity index is 1.27. The molecule has 1 unspecified atom stereocenters. The van der Waals surface area contributed by atoms with Crippen LogP contribution in [0, 0.1) is 0 Å². The van der Waals surface area contributed by atoms with Crippen LogP contribution in [0.25, 0.3) is 17.2 Å². The Morgan fingerprint density at radius 2 is 1.47 bits per heavy atom. The number of rotatable bonds is 13. The molecule has 1 heterocycles. The van der Waals surface area contributed by atoms with Gasteiger partial charge < -0.3 is 20.7 Å².